The van der Waals surface area contributed by atoms with Crippen molar-refractivity contribution in [1.29, 1.82) is 0 Å². The van der Waals surface area contributed by atoms with Crippen molar-refractivity contribution in [3.8, 4) is 33.4 Å². The minimum absolute atomic E-state index is 0.152. The Morgan fingerprint density at radius 2 is 0.983 bits per heavy atom. The lowest BCUT2D eigenvalue weighted by Gasteiger charge is -2.61. The number of nitrogens with zero attached hydrogens (tertiary/aromatic N) is 1. The maximum atomic E-state index is 6.51. The molecule has 0 radical (unpaired) electrons. The molecule has 4 bridgehead atoms. The van der Waals surface area contributed by atoms with Crippen LogP contribution in [0.15, 0.2) is 156 Å². The molecule has 7 aromatic carbocycles. The van der Waals surface area contributed by atoms with E-state index in [2.05, 4.69) is 157 Å². The Bertz CT molecular complexity index is 3000. The highest BCUT2D eigenvalue weighted by atomic mass is 16.3. The van der Waals surface area contributed by atoms with E-state index in [4.69, 9.17) is 4.42 Å². The average Bonchev–Trinajstić information content (AvgIpc) is 4.05. The van der Waals surface area contributed by atoms with Crippen LogP contribution < -0.4 is 4.90 Å². The molecule has 2 nitrogen and oxygen atoms in total. The van der Waals surface area contributed by atoms with Gasteiger partial charge in [0.25, 0.3) is 0 Å². The van der Waals surface area contributed by atoms with E-state index in [1.54, 1.807) is 11.1 Å². The molecule has 0 N–H and O–H groups in total. The zero-order chi connectivity index (χ0) is 38.5. The van der Waals surface area contributed by atoms with Gasteiger partial charge in [0.2, 0.25) is 0 Å². The largest absolute Gasteiger partial charge is 0.455 e. The summed E-state index contributed by atoms with van der Waals surface area (Å²) >= 11 is 0. The van der Waals surface area contributed by atoms with Gasteiger partial charge in [-0.2, -0.15) is 0 Å². The summed E-state index contributed by atoms with van der Waals surface area (Å²) in [7, 11) is 0. The third kappa shape index (κ3) is 4.32. The fraction of sp³-hybridized carbons (Fsp3) is 0.263. The normalized spacial score (nSPS) is 24.9. The van der Waals surface area contributed by atoms with Gasteiger partial charge in [-0.1, -0.05) is 122 Å². The van der Waals surface area contributed by atoms with Crippen LogP contribution in [0.25, 0.3) is 55.3 Å². The monoisotopic (exact) mass is 761 g/mol. The molecule has 0 aliphatic heterocycles. The van der Waals surface area contributed by atoms with E-state index in [-0.39, 0.29) is 10.8 Å². The zero-order valence-corrected chi connectivity index (χ0v) is 33.5. The molecule has 15 rings (SSSR count). The number of furan rings is 1. The van der Waals surface area contributed by atoms with Crippen molar-refractivity contribution >= 4 is 39.0 Å². The Morgan fingerprint density at radius 1 is 0.441 bits per heavy atom. The summed E-state index contributed by atoms with van der Waals surface area (Å²) in [6.07, 6.45) is 12.2. The van der Waals surface area contributed by atoms with Crippen LogP contribution in [0.3, 0.4) is 0 Å². The smallest absolute Gasteiger partial charge is 0.143 e. The van der Waals surface area contributed by atoms with Crippen LogP contribution >= 0.6 is 0 Å². The number of anilines is 3. The molecule has 2 heteroatoms. The predicted octanol–water partition coefficient (Wildman–Crippen LogP) is 15.3. The molecule has 5 fully saturated rings. The van der Waals surface area contributed by atoms with Crippen molar-refractivity contribution in [1.82, 2.24) is 0 Å². The predicted molar refractivity (Wildman–Crippen MR) is 242 cm³/mol. The van der Waals surface area contributed by atoms with Crippen molar-refractivity contribution in [2.24, 2.45) is 23.7 Å². The second-order valence-corrected chi connectivity index (χ2v) is 19.2. The number of para-hydroxylation sites is 2. The van der Waals surface area contributed by atoms with E-state index < -0.39 is 0 Å². The van der Waals surface area contributed by atoms with Gasteiger partial charge in [0.05, 0.1) is 0 Å². The van der Waals surface area contributed by atoms with Crippen LogP contribution in [-0.2, 0) is 10.8 Å². The summed E-state index contributed by atoms with van der Waals surface area (Å²) in [6, 6.07) is 58.1. The molecule has 0 amide bonds. The molecular weight excluding hydrogens is 715 g/mol. The molecule has 5 saturated carbocycles. The first-order valence-electron chi connectivity index (χ1n) is 22.5. The van der Waals surface area contributed by atoms with Gasteiger partial charge in [-0.15, -0.1) is 0 Å². The summed E-state index contributed by atoms with van der Waals surface area (Å²) in [6.45, 7) is 0. The molecule has 1 aromatic heterocycles. The average molecular weight is 762 g/mol. The van der Waals surface area contributed by atoms with E-state index in [1.807, 2.05) is 0 Å². The van der Waals surface area contributed by atoms with Gasteiger partial charge in [0.15, 0.2) is 0 Å². The number of hydrogen-bond donors (Lipinski definition) is 0. The van der Waals surface area contributed by atoms with Crippen molar-refractivity contribution in [2.75, 3.05) is 4.90 Å². The minimum Gasteiger partial charge on any atom is -0.455 e. The van der Waals surface area contributed by atoms with Gasteiger partial charge in [0.1, 0.15) is 11.2 Å². The first kappa shape index (κ1) is 33.0. The van der Waals surface area contributed by atoms with Crippen molar-refractivity contribution in [3.05, 3.63) is 174 Å². The summed E-state index contributed by atoms with van der Waals surface area (Å²) in [5.41, 5.74) is 20.2. The summed E-state index contributed by atoms with van der Waals surface area (Å²) < 4.78 is 6.51. The summed E-state index contributed by atoms with van der Waals surface area (Å²) in [5, 5.41) is 2.33. The van der Waals surface area contributed by atoms with E-state index in [1.165, 1.54) is 114 Å². The third-order valence-corrected chi connectivity index (χ3v) is 16.6. The quantitative estimate of drug-likeness (QED) is 0.178. The molecule has 7 aliphatic carbocycles. The highest BCUT2D eigenvalue weighted by molar-refractivity contribution is 6.09. The second-order valence-electron chi connectivity index (χ2n) is 19.2. The number of benzene rings is 7. The fourth-order valence-electron chi connectivity index (χ4n) is 14.6. The van der Waals surface area contributed by atoms with Gasteiger partial charge in [0, 0.05) is 44.2 Å². The molecular formula is C57H47NO. The van der Waals surface area contributed by atoms with Crippen LogP contribution in [-0.4, -0.2) is 0 Å². The lowest BCUT2D eigenvalue weighted by atomic mass is 9.43. The lowest BCUT2D eigenvalue weighted by Crippen LogP contribution is -2.55. The Kier molecular flexibility index (Phi) is 6.65. The molecule has 2 spiro atoms. The number of hydrogen-bond acceptors (Lipinski definition) is 2. The molecule has 0 unspecified atom stereocenters. The van der Waals surface area contributed by atoms with Gasteiger partial charge in [-0.05, 0) is 161 Å². The summed E-state index contributed by atoms with van der Waals surface area (Å²) in [5.74, 6) is 3.38. The van der Waals surface area contributed by atoms with E-state index in [9.17, 15) is 0 Å². The van der Waals surface area contributed by atoms with Crippen LogP contribution in [0.4, 0.5) is 17.1 Å². The SMILES string of the molecule is c1ccc2c(c1)-c1cc(N(c3ccc(-c4cccc5c4oc4ccccc45)cc3)c3ccc4c(c3)-c3ccccc3C43C4CC5CC(C4)CC3C5)ccc1C21CCCC1. The topological polar surface area (TPSA) is 16.4 Å². The van der Waals surface area contributed by atoms with Crippen molar-refractivity contribution < 1.29 is 4.42 Å². The van der Waals surface area contributed by atoms with E-state index >= 15 is 0 Å². The minimum atomic E-state index is 0.152. The van der Waals surface area contributed by atoms with Crippen molar-refractivity contribution in [3.63, 3.8) is 0 Å². The third-order valence-electron chi connectivity index (χ3n) is 16.6. The van der Waals surface area contributed by atoms with Gasteiger partial charge < -0.3 is 9.32 Å². The summed E-state index contributed by atoms with van der Waals surface area (Å²) in [4.78, 5) is 2.54. The maximum absolute atomic E-state index is 6.51. The van der Waals surface area contributed by atoms with Crippen molar-refractivity contribution in [2.45, 2.75) is 68.6 Å². The van der Waals surface area contributed by atoms with Gasteiger partial charge in [-0.3, -0.25) is 0 Å². The van der Waals surface area contributed by atoms with Gasteiger partial charge >= 0.3 is 0 Å². The Hall–Kier alpha value is -5.86. The molecule has 286 valence electrons. The highest BCUT2D eigenvalue weighted by Crippen LogP contribution is 2.69. The van der Waals surface area contributed by atoms with Crippen LogP contribution in [0, 0.1) is 23.7 Å². The fourth-order valence-corrected chi connectivity index (χ4v) is 14.6. The Balaban J connectivity index is 0.946. The first-order valence-corrected chi connectivity index (χ1v) is 22.5. The first-order chi connectivity index (χ1) is 29.2. The van der Waals surface area contributed by atoms with Crippen LogP contribution in [0.1, 0.15) is 80.0 Å². The highest BCUT2D eigenvalue weighted by Gasteiger charge is 2.61. The van der Waals surface area contributed by atoms with E-state index in [0.29, 0.717) is 0 Å². The Morgan fingerprint density at radius 3 is 1.73 bits per heavy atom. The molecule has 1 heterocycles. The molecule has 8 aromatic rings. The zero-order valence-electron chi connectivity index (χ0n) is 33.5. The lowest BCUT2D eigenvalue weighted by molar-refractivity contribution is -0.0399. The maximum Gasteiger partial charge on any atom is 0.143 e. The van der Waals surface area contributed by atoms with E-state index in [0.717, 1.165) is 51.4 Å². The van der Waals surface area contributed by atoms with Gasteiger partial charge in [-0.25, -0.2) is 0 Å². The van der Waals surface area contributed by atoms with Crippen LogP contribution in [0.5, 0.6) is 0 Å². The second kappa shape index (κ2) is 11.9. The molecule has 59 heavy (non-hydrogen) atoms. The molecule has 0 atom stereocenters. The number of fused-ring (bicyclic) bond motifs is 11. The molecule has 7 aliphatic rings. The standard InChI is InChI=1S/C57H47NO/c1-4-15-50-44(10-1)48-33-41(22-24-51(48)56(50)26-7-8-27-56)58(40-20-18-37(19-21-40)43-13-9-14-47-46-12-3-6-17-54(46)59-55(43)47)42-23-25-53-49(34-42)45-11-2-5-16-52(45)57(53)38-29-35-28-36(31-38)32-39(57)30-35/h1-6,9-25,33-36,38-39H,7-8,26-32H2. The Labute approximate surface area is 346 Å². The van der Waals surface area contributed by atoms with Crippen LogP contribution in [0.2, 0.25) is 0 Å². The number of rotatable bonds is 4. The molecule has 0 saturated heterocycles.